The van der Waals surface area contributed by atoms with E-state index in [1.165, 1.54) is 21.1 Å². The summed E-state index contributed by atoms with van der Waals surface area (Å²) in [5.41, 5.74) is -0.287. The molecule has 0 spiro atoms. The number of aliphatic hydroxyl groups is 5. The van der Waals surface area contributed by atoms with E-state index in [-0.39, 0.29) is 42.6 Å². The molecule has 316 valence electrons. The number of allylic oxidation sites excluding steroid dienone is 2. The lowest BCUT2D eigenvalue weighted by Gasteiger charge is -2.48. The van der Waals surface area contributed by atoms with Crippen molar-refractivity contribution in [3.8, 4) is 0 Å². The summed E-state index contributed by atoms with van der Waals surface area (Å²) in [6.07, 6.45) is 6.84. The summed E-state index contributed by atoms with van der Waals surface area (Å²) in [4.78, 5) is 12.0. The van der Waals surface area contributed by atoms with Crippen molar-refractivity contribution in [3.63, 3.8) is 0 Å². The zero-order chi connectivity index (χ0) is 41.4. The fourth-order valence-corrected chi connectivity index (χ4v) is 8.22. The van der Waals surface area contributed by atoms with Crippen molar-refractivity contribution in [2.45, 2.75) is 161 Å². The number of ether oxygens (including phenoxy) is 6. The van der Waals surface area contributed by atoms with Crippen LogP contribution < -0.4 is 5.32 Å². The van der Waals surface area contributed by atoms with Crippen LogP contribution in [0.15, 0.2) is 47.8 Å². The topological polar surface area (TPSA) is 186 Å². The van der Waals surface area contributed by atoms with E-state index >= 15 is 0 Å². The third-order valence-corrected chi connectivity index (χ3v) is 11.9. The van der Waals surface area contributed by atoms with Gasteiger partial charge in [0.1, 0.15) is 24.1 Å². The van der Waals surface area contributed by atoms with E-state index < -0.39 is 78.3 Å². The van der Waals surface area contributed by atoms with Crippen molar-refractivity contribution in [1.82, 2.24) is 5.32 Å². The molecule has 0 aromatic carbocycles. The Morgan fingerprint density at radius 2 is 1.71 bits per heavy atom. The monoisotopic (exact) mass is 781 g/mol. The molecule has 0 aromatic heterocycles. The lowest BCUT2D eigenvalue weighted by Crippen LogP contribution is -2.62. The molecule has 1 aliphatic carbocycles. The first kappa shape index (κ1) is 47.2. The minimum atomic E-state index is -1.76. The van der Waals surface area contributed by atoms with Crippen molar-refractivity contribution >= 4 is 5.91 Å². The molecular formula is C42H71NO12. The van der Waals surface area contributed by atoms with Gasteiger partial charge in [-0.05, 0) is 52.5 Å². The third kappa shape index (κ3) is 11.9. The highest BCUT2D eigenvalue weighted by molar-refractivity contribution is 5.73. The number of rotatable bonds is 17. The van der Waals surface area contributed by atoms with Gasteiger partial charge < -0.3 is 59.3 Å². The fraction of sp³-hybridized carbons (Fsp3) is 0.786. The van der Waals surface area contributed by atoms with Gasteiger partial charge in [0, 0.05) is 57.7 Å². The summed E-state index contributed by atoms with van der Waals surface area (Å²) in [5.74, 6) is -2.93. The Hall–Kier alpha value is -2.17. The first-order valence-electron chi connectivity index (χ1n) is 19.8. The van der Waals surface area contributed by atoms with E-state index in [1.54, 1.807) is 53.9 Å². The van der Waals surface area contributed by atoms with Crippen LogP contribution in [0.5, 0.6) is 0 Å². The average molecular weight is 782 g/mol. The molecule has 3 rings (SSSR count). The molecule has 17 unspecified atom stereocenters. The van der Waals surface area contributed by atoms with Crippen molar-refractivity contribution in [3.05, 3.63) is 47.8 Å². The number of methoxy groups -OCH3 is 3. The molecule has 2 heterocycles. The highest BCUT2D eigenvalue weighted by Crippen LogP contribution is 2.43. The predicted molar refractivity (Wildman–Crippen MR) is 208 cm³/mol. The van der Waals surface area contributed by atoms with Crippen LogP contribution in [0.25, 0.3) is 0 Å². The molecule has 3 fully saturated rings. The van der Waals surface area contributed by atoms with Crippen LogP contribution in [0.1, 0.15) is 88.0 Å². The van der Waals surface area contributed by atoms with E-state index in [4.69, 9.17) is 28.4 Å². The van der Waals surface area contributed by atoms with Crippen LogP contribution in [0, 0.1) is 29.6 Å². The van der Waals surface area contributed by atoms with Crippen LogP contribution in [0.3, 0.4) is 0 Å². The van der Waals surface area contributed by atoms with Gasteiger partial charge in [0.15, 0.2) is 12.1 Å². The Labute approximate surface area is 328 Å². The van der Waals surface area contributed by atoms with Gasteiger partial charge in [-0.25, -0.2) is 0 Å². The van der Waals surface area contributed by atoms with Gasteiger partial charge in [-0.2, -0.15) is 0 Å². The molecule has 3 aliphatic rings. The maximum Gasteiger partial charge on any atom is 0.217 e. The number of amides is 1. The van der Waals surface area contributed by atoms with Crippen LogP contribution in [0.4, 0.5) is 0 Å². The molecule has 0 radical (unpaired) electrons. The van der Waals surface area contributed by atoms with Crippen molar-refractivity contribution in [2.75, 3.05) is 21.3 Å². The molecular weight excluding hydrogens is 710 g/mol. The number of nitrogens with one attached hydrogen (secondary N) is 1. The summed E-state index contributed by atoms with van der Waals surface area (Å²) in [5, 5.41) is 58.2. The van der Waals surface area contributed by atoms with Gasteiger partial charge in [-0.15, -0.1) is 0 Å². The van der Waals surface area contributed by atoms with Crippen molar-refractivity contribution in [2.24, 2.45) is 29.6 Å². The molecule has 1 saturated carbocycles. The average Bonchev–Trinajstić information content (AvgIpc) is 3.55. The standard InChI is InChI=1S/C42H71NO12/c1-13-42(49)40(52-12)37(46)26(5)39(55-42)35(51-11)21-25(4)33(54-36-22-32(43-29(8)45)38(47)28(7)53-36)18-19-41(9,48)31-16-17-34(50-10)30(31)15-14-23(2)20-24(3)27(6)44/h14-15,18-21,24-28,30-34,36-40,44,46-49H,13,16-17,22H2,1-12H3,(H,43,45). The lowest BCUT2D eigenvalue weighted by molar-refractivity contribution is -0.338. The molecule has 55 heavy (non-hydrogen) atoms. The van der Waals surface area contributed by atoms with Crippen molar-refractivity contribution < 1.29 is 58.7 Å². The Kier molecular flexibility index (Phi) is 17.6. The molecule has 1 amide bonds. The highest BCUT2D eigenvalue weighted by atomic mass is 16.7. The Bertz CT molecular complexity index is 1350. The van der Waals surface area contributed by atoms with E-state index in [9.17, 15) is 30.3 Å². The molecule has 2 aliphatic heterocycles. The van der Waals surface area contributed by atoms with Gasteiger partial charge in [-0.3, -0.25) is 4.79 Å². The van der Waals surface area contributed by atoms with E-state index in [2.05, 4.69) is 11.4 Å². The van der Waals surface area contributed by atoms with Gasteiger partial charge in [0.25, 0.3) is 0 Å². The largest absolute Gasteiger partial charge is 0.499 e. The smallest absolute Gasteiger partial charge is 0.217 e. The molecule has 6 N–H and O–H groups in total. The van der Waals surface area contributed by atoms with Crippen LogP contribution in [-0.4, -0.2) is 125 Å². The Morgan fingerprint density at radius 3 is 2.27 bits per heavy atom. The first-order chi connectivity index (χ1) is 25.7. The van der Waals surface area contributed by atoms with Gasteiger partial charge in [0.05, 0.1) is 49.3 Å². The zero-order valence-corrected chi connectivity index (χ0v) is 35.0. The molecule has 17 atom stereocenters. The van der Waals surface area contributed by atoms with Gasteiger partial charge in [0.2, 0.25) is 5.91 Å². The van der Waals surface area contributed by atoms with Crippen LogP contribution in [0.2, 0.25) is 0 Å². The minimum Gasteiger partial charge on any atom is -0.499 e. The molecule has 13 nitrogen and oxygen atoms in total. The Morgan fingerprint density at radius 1 is 1.04 bits per heavy atom. The van der Waals surface area contributed by atoms with E-state index in [0.717, 1.165) is 12.0 Å². The summed E-state index contributed by atoms with van der Waals surface area (Å²) >= 11 is 0. The maximum absolute atomic E-state index is 12.1. The van der Waals surface area contributed by atoms with E-state index in [1.807, 2.05) is 39.0 Å². The highest BCUT2D eigenvalue weighted by Gasteiger charge is 2.53. The summed E-state index contributed by atoms with van der Waals surface area (Å²) in [6.45, 7) is 16.1. The first-order valence-corrected chi connectivity index (χ1v) is 19.8. The number of aliphatic hydroxyl groups excluding tert-OH is 3. The quantitative estimate of drug-likeness (QED) is 0.0712. The van der Waals surface area contributed by atoms with E-state index in [0.29, 0.717) is 12.2 Å². The fourth-order valence-electron chi connectivity index (χ4n) is 8.22. The number of carbonyl (C=O) groups excluding carboxylic acids is 1. The lowest BCUT2D eigenvalue weighted by atomic mass is 9.79. The molecule has 2 saturated heterocycles. The summed E-state index contributed by atoms with van der Waals surface area (Å²) < 4.78 is 36.1. The maximum atomic E-state index is 12.1. The summed E-state index contributed by atoms with van der Waals surface area (Å²) in [6, 6.07) is -0.601. The van der Waals surface area contributed by atoms with Crippen molar-refractivity contribution in [1.29, 1.82) is 0 Å². The predicted octanol–water partition coefficient (Wildman–Crippen LogP) is 3.92. The van der Waals surface area contributed by atoms with Crippen LogP contribution in [-0.2, 0) is 33.2 Å². The molecule has 0 bridgehead atoms. The third-order valence-electron chi connectivity index (χ3n) is 11.9. The minimum absolute atomic E-state index is 0.00846. The van der Waals surface area contributed by atoms with Gasteiger partial charge >= 0.3 is 0 Å². The normalized spacial score (nSPS) is 38.5. The van der Waals surface area contributed by atoms with Gasteiger partial charge in [-0.1, -0.05) is 63.6 Å². The second kappa shape index (κ2) is 20.5. The molecule has 13 heteroatoms. The second-order valence-corrected chi connectivity index (χ2v) is 16.3. The number of hydrogen-bond donors (Lipinski definition) is 6. The molecule has 0 aromatic rings. The number of hydrogen-bond acceptors (Lipinski definition) is 12. The Balaban J connectivity index is 2.00. The zero-order valence-electron chi connectivity index (χ0n) is 35.0. The SMILES string of the molecule is CCC1(O)OC(C(=CC(C)C(C=CC(C)(O)C2CCC(OC)C2C=CC(C)=CC(C)C(C)O)OC2CC(NC(C)=O)C(O)C(C)O2)OC)C(C)C(O)C1OC. The summed E-state index contributed by atoms with van der Waals surface area (Å²) in [7, 11) is 4.60. The number of carbonyl (C=O) groups is 1. The van der Waals surface area contributed by atoms with Crippen LogP contribution >= 0.6 is 0 Å². The second-order valence-electron chi connectivity index (χ2n) is 16.3.